The average molecular weight is 870 g/mol. The fraction of sp³-hybridized carbons (Fsp3) is 0.0154. The fourth-order valence-electron chi connectivity index (χ4n) is 11.0. The Morgan fingerprint density at radius 1 is 0.328 bits per heavy atom. The largest absolute Gasteiger partial charge is 0.310 e. The zero-order valence-corrected chi connectivity index (χ0v) is 37.5. The summed E-state index contributed by atoms with van der Waals surface area (Å²) in [5.41, 5.74) is 17.8. The van der Waals surface area contributed by atoms with Gasteiger partial charge in [0.15, 0.2) is 0 Å². The van der Waals surface area contributed by atoms with E-state index < -0.39 is 5.41 Å². The van der Waals surface area contributed by atoms with Crippen LogP contribution in [-0.4, -0.2) is 0 Å². The first-order valence-corrected chi connectivity index (χ1v) is 23.9. The lowest BCUT2D eigenvalue weighted by Crippen LogP contribution is -2.28. The van der Waals surface area contributed by atoms with Gasteiger partial charge in [-0.3, -0.25) is 0 Å². The van der Waals surface area contributed by atoms with E-state index in [0.717, 1.165) is 17.1 Å². The first kappa shape index (κ1) is 39.1. The van der Waals surface area contributed by atoms with Crippen molar-refractivity contribution in [3.05, 3.63) is 283 Å². The van der Waals surface area contributed by atoms with Crippen LogP contribution in [0.2, 0.25) is 0 Å². The highest BCUT2D eigenvalue weighted by atomic mass is 32.1. The molecular formula is C65H43NS. The van der Waals surface area contributed by atoms with Gasteiger partial charge in [0, 0.05) is 31.5 Å². The Hall–Kier alpha value is -8.30. The normalized spacial score (nSPS) is 12.6. The van der Waals surface area contributed by atoms with Crippen molar-refractivity contribution in [1.82, 2.24) is 0 Å². The number of thiophene rings is 1. The Morgan fingerprint density at radius 3 is 1.60 bits per heavy atom. The van der Waals surface area contributed by atoms with Crippen molar-refractivity contribution in [2.45, 2.75) is 5.41 Å². The Morgan fingerprint density at radius 2 is 0.851 bits per heavy atom. The van der Waals surface area contributed by atoms with Crippen molar-refractivity contribution in [2.24, 2.45) is 0 Å². The van der Waals surface area contributed by atoms with Crippen molar-refractivity contribution < 1.29 is 0 Å². The Bertz CT molecular complexity index is 3730. The van der Waals surface area contributed by atoms with Crippen LogP contribution in [0.25, 0.3) is 75.5 Å². The van der Waals surface area contributed by atoms with Gasteiger partial charge in [0.2, 0.25) is 0 Å². The second kappa shape index (κ2) is 16.0. The molecule has 0 amide bonds. The standard InChI is InChI=1S/C65H43NS/c1-4-17-47(18-5-1)55-41-42-61(63-58-27-13-15-30-62(58)67-64(55)63)66(51-37-35-45(36-38-51)44-31-33-48(34-32-44)54-28-16-20-46-19-10-11-25-53(46)54)52-39-40-57-56-26-12-14-29-59(56)65(60(57)43-52,49-21-6-2-7-22-49)50-23-8-3-9-24-50/h1-43H. The third kappa shape index (κ3) is 6.29. The summed E-state index contributed by atoms with van der Waals surface area (Å²) in [7, 11) is 0. The van der Waals surface area contributed by atoms with Crippen LogP contribution in [0.5, 0.6) is 0 Å². The van der Waals surface area contributed by atoms with Crippen LogP contribution >= 0.6 is 11.3 Å². The summed E-state index contributed by atoms with van der Waals surface area (Å²) in [6.07, 6.45) is 0. The van der Waals surface area contributed by atoms with Gasteiger partial charge in [-0.1, -0.05) is 224 Å². The maximum absolute atomic E-state index is 2.51. The van der Waals surface area contributed by atoms with Crippen molar-refractivity contribution >= 4 is 59.3 Å². The van der Waals surface area contributed by atoms with Crippen molar-refractivity contribution in [2.75, 3.05) is 4.90 Å². The van der Waals surface area contributed by atoms with E-state index in [1.165, 1.54) is 97.7 Å². The summed E-state index contributed by atoms with van der Waals surface area (Å²) in [5.74, 6) is 0. The van der Waals surface area contributed by atoms with E-state index in [4.69, 9.17) is 0 Å². The second-order valence-electron chi connectivity index (χ2n) is 17.5. The van der Waals surface area contributed by atoms with Crippen LogP contribution in [0.1, 0.15) is 22.3 Å². The molecule has 0 unspecified atom stereocenters. The molecule has 0 atom stereocenters. The highest BCUT2D eigenvalue weighted by Crippen LogP contribution is 2.58. The molecule has 1 heterocycles. The van der Waals surface area contributed by atoms with Gasteiger partial charge in [-0.25, -0.2) is 0 Å². The molecule has 1 aliphatic carbocycles. The Kier molecular flexibility index (Phi) is 9.33. The molecule has 0 bridgehead atoms. The topological polar surface area (TPSA) is 3.24 Å². The van der Waals surface area contributed by atoms with Crippen LogP contribution in [0.3, 0.4) is 0 Å². The lowest BCUT2D eigenvalue weighted by atomic mass is 9.67. The van der Waals surface area contributed by atoms with Crippen LogP contribution in [0.15, 0.2) is 261 Å². The molecule has 1 aliphatic rings. The summed E-state index contributed by atoms with van der Waals surface area (Å²) in [6, 6.07) is 96.3. The first-order chi connectivity index (χ1) is 33.2. The molecular weight excluding hydrogens is 827 g/mol. The summed E-state index contributed by atoms with van der Waals surface area (Å²) in [5, 5.41) is 5.05. The summed E-state index contributed by atoms with van der Waals surface area (Å²) < 4.78 is 2.57. The minimum Gasteiger partial charge on any atom is -0.310 e. The molecule has 0 saturated heterocycles. The maximum atomic E-state index is 2.51. The smallest absolute Gasteiger partial charge is 0.0714 e. The third-order valence-electron chi connectivity index (χ3n) is 14.0. The zero-order valence-electron chi connectivity index (χ0n) is 36.7. The Labute approximate surface area is 395 Å². The zero-order chi connectivity index (χ0) is 44.3. The molecule has 0 N–H and O–H groups in total. The molecule has 2 heteroatoms. The van der Waals surface area contributed by atoms with E-state index in [0.29, 0.717) is 0 Å². The highest BCUT2D eigenvalue weighted by Gasteiger charge is 2.46. The van der Waals surface area contributed by atoms with Crippen molar-refractivity contribution in [1.29, 1.82) is 0 Å². The van der Waals surface area contributed by atoms with Crippen LogP contribution in [0.4, 0.5) is 17.1 Å². The predicted octanol–water partition coefficient (Wildman–Crippen LogP) is 18.0. The minimum atomic E-state index is -0.528. The number of nitrogens with zero attached hydrogens (tertiary/aromatic N) is 1. The van der Waals surface area contributed by atoms with Crippen LogP contribution in [0, 0.1) is 0 Å². The summed E-state index contributed by atoms with van der Waals surface area (Å²) in [6.45, 7) is 0. The van der Waals surface area contributed by atoms with Gasteiger partial charge < -0.3 is 4.90 Å². The number of rotatable bonds is 8. The van der Waals surface area contributed by atoms with Crippen LogP contribution < -0.4 is 4.90 Å². The van der Waals surface area contributed by atoms with Crippen molar-refractivity contribution in [3.63, 3.8) is 0 Å². The minimum absolute atomic E-state index is 0.528. The van der Waals surface area contributed by atoms with E-state index in [2.05, 4.69) is 266 Å². The average Bonchev–Trinajstić information content (AvgIpc) is 3.94. The molecule has 1 nitrogen and oxygen atoms in total. The van der Waals surface area contributed by atoms with E-state index in [9.17, 15) is 0 Å². The lowest BCUT2D eigenvalue weighted by Gasteiger charge is -2.35. The summed E-state index contributed by atoms with van der Waals surface area (Å²) >= 11 is 1.88. The molecule has 314 valence electrons. The molecule has 0 saturated carbocycles. The van der Waals surface area contributed by atoms with E-state index in [1.54, 1.807) is 0 Å². The highest BCUT2D eigenvalue weighted by molar-refractivity contribution is 7.26. The van der Waals surface area contributed by atoms with Gasteiger partial charge in [-0.15, -0.1) is 11.3 Å². The lowest BCUT2D eigenvalue weighted by molar-refractivity contribution is 0.768. The van der Waals surface area contributed by atoms with Crippen LogP contribution in [-0.2, 0) is 5.41 Å². The van der Waals surface area contributed by atoms with E-state index >= 15 is 0 Å². The van der Waals surface area contributed by atoms with Crippen molar-refractivity contribution in [3.8, 4) is 44.5 Å². The number of anilines is 3. The molecule has 11 aromatic carbocycles. The second-order valence-corrected chi connectivity index (χ2v) is 18.6. The maximum Gasteiger partial charge on any atom is 0.0714 e. The molecule has 0 aliphatic heterocycles. The molecule has 1 aromatic heterocycles. The molecule has 13 rings (SSSR count). The van der Waals surface area contributed by atoms with E-state index in [1.807, 2.05) is 11.3 Å². The summed E-state index contributed by atoms with van der Waals surface area (Å²) in [4.78, 5) is 2.51. The quantitative estimate of drug-likeness (QED) is 0.147. The molecule has 12 aromatic rings. The van der Waals surface area contributed by atoms with Gasteiger partial charge in [-0.2, -0.15) is 0 Å². The van der Waals surface area contributed by atoms with Gasteiger partial charge >= 0.3 is 0 Å². The van der Waals surface area contributed by atoms with Gasteiger partial charge in [0.05, 0.1) is 11.1 Å². The predicted molar refractivity (Wildman–Crippen MR) is 285 cm³/mol. The Balaban J connectivity index is 1.02. The molecule has 0 radical (unpaired) electrons. The number of hydrogen-bond donors (Lipinski definition) is 0. The van der Waals surface area contributed by atoms with Gasteiger partial charge in [-0.05, 0) is 114 Å². The third-order valence-corrected chi connectivity index (χ3v) is 15.2. The molecule has 67 heavy (non-hydrogen) atoms. The van der Waals surface area contributed by atoms with Gasteiger partial charge in [0.25, 0.3) is 0 Å². The molecule has 0 fully saturated rings. The number of hydrogen-bond acceptors (Lipinski definition) is 2. The monoisotopic (exact) mass is 869 g/mol. The fourth-order valence-corrected chi connectivity index (χ4v) is 12.2. The molecule has 0 spiro atoms. The SMILES string of the molecule is c1ccc(-c2ccc(N(c3ccc(-c4ccc(-c5cccc6ccccc56)cc4)cc3)c3ccc4c(c3)C(c3ccccc3)(c3ccccc3)c3ccccc3-4)c3c2sc2ccccc23)cc1. The van der Waals surface area contributed by atoms with E-state index in [-0.39, 0.29) is 0 Å². The van der Waals surface area contributed by atoms with Gasteiger partial charge in [0.1, 0.15) is 0 Å². The number of benzene rings is 11. The first-order valence-electron chi connectivity index (χ1n) is 23.1. The number of fused-ring (bicyclic) bond motifs is 7.